The van der Waals surface area contributed by atoms with Gasteiger partial charge in [0, 0.05) is 6.07 Å². The highest BCUT2D eigenvalue weighted by Crippen LogP contribution is 2.32. The molecule has 0 unspecified atom stereocenters. The smallest absolute Gasteiger partial charge is 0.349 e. The molecule has 78 valence electrons. The van der Waals surface area contributed by atoms with Crippen molar-refractivity contribution in [3.63, 3.8) is 0 Å². The van der Waals surface area contributed by atoms with E-state index in [4.69, 9.17) is 5.73 Å². The average molecular weight is 211 g/mol. The van der Waals surface area contributed by atoms with Gasteiger partial charge in [0.2, 0.25) is 5.95 Å². The van der Waals surface area contributed by atoms with E-state index >= 15 is 0 Å². The number of nitrogens with two attached hydrogens (primary N) is 1. The molecule has 0 saturated carbocycles. The SMILES string of the molecule is Nc1nc(C(F)(F)C(F)F)cc(=O)[nH]1. The van der Waals surface area contributed by atoms with Crippen molar-refractivity contribution in [2.45, 2.75) is 12.3 Å². The Kier molecular flexibility index (Phi) is 2.45. The van der Waals surface area contributed by atoms with Gasteiger partial charge in [-0.25, -0.2) is 13.8 Å². The third-order valence-corrected chi connectivity index (χ3v) is 1.38. The van der Waals surface area contributed by atoms with E-state index in [9.17, 15) is 22.4 Å². The second-order valence-electron chi connectivity index (χ2n) is 2.44. The van der Waals surface area contributed by atoms with Crippen molar-refractivity contribution < 1.29 is 17.6 Å². The van der Waals surface area contributed by atoms with E-state index in [1.807, 2.05) is 4.98 Å². The van der Waals surface area contributed by atoms with Crippen LogP contribution in [0.4, 0.5) is 23.5 Å². The lowest BCUT2D eigenvalue weighted by Gasteiger charge is -2.13. The molecule has 0 saturated heterocycles. The predicted molar refractivity (Wildman–Crippen MR) is 39.2 cm³/mol. The quantitative estimate of drug-likeness (QED) is 0.707. The van der Waals surface area contributed by atoms with Crippen LogP contribution < -0.4 is 11.3 Å². The second-order valence-corrected chi connectivity index (χ2v) is 2.44. The summed E-state index contributed by atoms with van der Waals surface area (Å²) in [6, 6.07) is 0.280. The third-order valence-electron chi connectivity index (χ3n) is 1.38. The molecule has 1 heterocycles. The molecule has 0 radical (unpaired) electrons. The zero-order chi connectivity index (χ0) is 10.9. The second kappa shape index (κ2) is 3.28. The minimum absolute atomic E-state index is 0.280. The van der Waals surface area contributed by atoms with E-state index in [2.05, 4.69) is 4.98 Å². The Morgan fingerprint density at radius 3 is 2.50 bits per heavy atom. The van der Waals surface area contributed by atoms with Gasteiger partial charge in [0.05, 0.1) is 0 Å². The van der Waals surface area contributed by atoms with Crippen molar-refractivity contribution in [3.8, 4) is 0 Å². The lowest BCUT2D eigenvalue weighted by molar-refractivity contribution is -0.138. The molecule has 0 aliphatic carbocycles. The molecule has 0 amide bonds. The number of nitrogens with zero attached hydrogens (tertiary/aromatic N) is 1. The average Bonchev–Trinajstić information content (AvgIpc) is 2.01. The van der Waals surface area contributed by atoms with Gasteiger partial charge in [0.25, 0.3) is 5.56 Å². The topological polar surface area (TPSA) is 71.8 Å². The number of hydrogen-bond acceptors (Lipinski definition) is 3. The summed E-state index contributed by atoms with van der Waals surface area (Å²) in [6.45, 7) is 0. The predicted octanol–water partition coefficient (Wildman–Crippen LogP) is 0.709. The van der Waals surface area contributed by atoms with E-state index in [-0.39, 0.29) is 6.07 Å². The summed E-state index contributed by atoms with van der Waals surface area (Å²) in [5.41, 5.74) is 2.57. The molecular weight excluding hydrogens is 206 g/mol. The summed E-state index contributed by atoms with van der Waals surface area (Å²) in [4.78, 5) is 15.4. The molecule has 1 aromatic rings. The summed E-state index contributed by atoms with van der Waals surface area (Å²) < 4.78 is 48.9. The van der Waals surface area contributed by atoms with E-state index in [1.165, 1.54) is 0 Å². The molecule has 1 rings (SSSR count). The summed E-state index contributed by atoms with van der Waals surface area (Å²) in [5, 5.41) is 0. The van der Waals surface area contributed by atoms with E-state index in [0.29, 0.717) is 0 Å². The fourth-order valence-corrected chi connectivity index (χ4v) is 0.759. The number of alkyl halides is 4. The van der Waals surface area contributed by atoms with Crippen LogP contribution in [0.1, 0.15) is 5.69 Å². The molecule has 14 heavy (non-hydrogen) atoms. The van der Waals surface area contributed by atoms with Gasteiger partial charge in [0.1, 0.15) is 5.69 Å². The number of aromatic nitrogens is 2. The highest BCUT2D eigenvalue weighted by atomic mass is 19.3. The maximum Gasteiger partial charge on any atom is 0.349 e. The standard InChI is InChI=1S/C6H5F4N3O/c7-4(8)6(9,10)2-1-3(14)13-5(11)12-2/h1,4H,(H3,11,12,13,14). The summed E-state index contributed by atoms with van der Waals surface area (Å²) in [5.74, 6) is -5.10. The molecule has 0 aliphatic heterocycles. The fourth-order valence-electron chi connectivity index (χ4n) is 0.759. The molecule has 8 heteroatoms. The normalized spacial score (nSPS) is 12.1. The number of H-pyrrole nitrogens is 1. The maximum atomic E-state index is 12.6. The van der Waals surface area contributed by atoms with Gasteiger partial charge >= 0.3 is 12.3 Å². The Labute approximate surface area is 74.8 Å². The van der Waals surface area contributed by atoms with Crippen LogP contribution in [0.15, 0.2) is 10.9 Å². The first-order chi connectivity index (χ1) is 6.34. The number of halogens is 4. The Morgan fingerprint density at radius 2 is 2.07 bits per heavy atom. The molecule has 0 fully saturated rings. The van der Waals surface area contributed by atoms with Crippen molar-refractivity contribution in [2.75, 3.05) is 5.73 Å². The molecule has 0 bridgehead atoms. The van der Waals surface area contributed by atoms with Crippen molar-refractivity contribution in [1.82, 2.24) is 9.97 Å². The van der Waals surface area contributed by atoms with Crippen molar-refractivity contribution in [2.24, 2.45) is 0 Å². The Hall–Kier alpha value is -1.60. The first kappa shape index (κ1) is 10.5. The van der Waals surface area contributed by atoms with E-state index < -0.39 is 29.5 Å². The molecule has 4 nitrogen and oxygen atoms in total. The van der Waals surface area contributed by atoms with Crippen LogP contribution in [0, 0.1) is 0 Å². The number of rotatable bonds is 2. The lowest BCUT2D eigenvalue weighted by atomic mass is 10.2. The van der Waals surface area contributed by atoms with Crippen LogP contribution in [0.5, 0.6) is 0 Å². The summed E-state index contributed by atoms with van der Waals surface area (Å²) in [7, 11) is 0. The first-order valence-corrected chi connectivity index (χ1v) is 3.37. The molecule has 0 atom stereocenters. The minimum atomic E-state index is -4.47. The van der Waals surface area contributed by atoms with Gasteiger partial charge in [-0.15, -0.1) is 0 Å². The van der Waals surface area contributed by atoms with Gasteiger partial charge in [-0.1, -0.05) is 0 Å². The van der Waals surface area contributed by atoms with Crippen molar-refractivity contribution >= 4 is 5.95 Å². The van der Waals surface area contributed by atoms with Crippen LogP contribution in [0.25, 0.3) is 0 Å². The summed E-state index contributed by atoms with van der Waals surface area (Å²) in [6.07, 6.45) is -3.93. The Balaban J connectivity index is 3.25. The molecule has 3 N–H and O–H groups in total. The number of nitrogens with one attached hydrogen (secondary N) is 1. The summed E-state index contributed by atoms with van der Waals surface area (Å²) >= 11 is 0. The lowest BCUT2D eigenvalue weighted by Crippen LogP contribution is -2.28. The molecule has 0 aliphatic rings. The van der Waals surface area contributed by atoms with Crippen LogP contribution in [0.2, 0.25) is 0 Å². The third kappa shape index (κ3) is 1.83. The van der Waals surface area contributed by atoms with Crippen LogP contribution >= 0.6 is 0 Å². The number of hydrogen-bond donors (Lipinski definition) is 2. The largest absolute Gasteiger partial charge is 0.369 e. The minimum Gasteiger partial charge on any atom is -0.369 e. The molecule has 1 aromatic heterocycles. The van der Waals surface area contributed by atoms with Crippen molar-refractivity contribution in [3.05, 3.63) is 22.1 Å². The maximum absolute atomic E-state index is 12.6. The highest BCUT2D eigenvalue weighted by molar-refractivity contribution is 5.20. The Bertz CT molecular complexity index is 389. The van der Waals surface area contributed by atoms with Crippen LogP contribution in [-0.2, 0) is 5.92 Å². The van der Waals surface area contributed by atoms with Gasteiger partial charge < -0.3 is 5.73 Å². The number of anilines is 1. The van der Waals surface area contributed by atoms with E-state index in [1.54, 1.807) is 0 Å². The fraction of sp³-hybridized carbons (Fsp3) is 0.333. The number of nitrogen functional groups attached to an aromatic ring is 1. The number of aromatic amines is 1. The van der Waals surface area contributed by atoms with Gasteiger partial charge in [-0.05, 0) is 0 Å². The van der Waals surface area contributed by atoms with Crippen LogP contribution in [0.3, 0.4) is 0 Å². The molecule has 0 aromatic carbocycles. The Morgan fingerprint density at radius 1 is 1.50 bits per heavy atom. The first-order valence-electron chi connectivity index (χ1n) is 3.37. The molecular formula is C6H5F4N3O. The van der Waals surface area contributed by atoms with Gasteiger partial charge in [0.15, 0.2) is 0 Å². The highest BCUT2D eigenvalue weighted by Gasteiger charge is 2.44. The molecule has 0 spiro atoms. The zero-order valence-corrected chi connectivity index (χ0v) is 6.60. The van der Waals surface area contributed by atoms with Crippen LogP contribution in [-0.4, -0.2) is 16.4 Å². The van der Waals surface area contributed by atoms with Crippen molar-refractivity contribution in [1.29, 1.82) is 0 Å². The van der Waals surface area contributed by atoms with Gasteiger partial charge in [-0.3, -0.25) is 9.78 Å². The monoisotopic (exact) mass is 211 g/mol. The van der Waals surface area contributed by atoms with Gasteiger partial charge in [-0.2, -0.15) is 8.78 Å². The zero-order valence-electron chi connectivity index (χ0n) is 6.60. The van der Waals surface area contributed by atoms with E-state index in [0.717, 1.165) is 0 Å².